The van der Waals surface area contributed by atoms with Gasteiger partial charge in [-0.15, -0.1) is 0 Å². The Labute approximate surface area is 166 Å². The molecule has 0 bridgehead atoms. The Balaban J connectivity index is 1.88. The van der Waals surface area contributed by atoms with Gasteiger partial charge < -0.3 is 10.1 Å². The van der Waals surface area contributed by atoms with Gasteiger partial charge in [-0.3, -0.25) is 4.98 Å². The lowest BCUT2D eigenvalue weighted by atomic mass is 10.0. The minimum Gasteiger partial charge on any atom is -0.478 e. The first kappa shape index (κ1) is 18.6. The molecule has 0 spiro atoms. The molecule has 0 aliphatic carbocycles. The van der Waals surface area contributed by atoms with Crippen LogP contribution in [0.4, 0.5) is 4.39 Å². The van der Waals surface area contributed by atoms with E-state index in [9.17, 15) is 14.3 Å². The average molecular weight is 387 g/mol. The van der Waals surface area contributed by atoms with Gasteiger partial charge in [-0.2, -0.15) is 0 Å². The number of H-pyrrole nitrogens is 1. The first-order chi connectivity index (χ1) is 14.1. The molecule has 5 nitrogen and oxygen atoms in total. The first-order valence-corrected chi connectivity index (χ1v) is 9.20. The van der Waals surface area contributed by atoms with Crippen molar-refractivity contribution in [2.75, 3.05) is 0 Å². The van der Waals surface area contributed by atoms with Crippen LogP contribution in [0.5, 0.6) is 0 Å². The minimum atomic E-state index is -0.950. The molecular weight excluding hydrogens is 369 g/mol. The second-order valence-electron chi connectivity index (χ2n) is 6.56. The van der Waals surface area contributed by atoms with Crippen LogP contribution in [0.15, 0.2) is 66.9 Å². The van der Waals surface area contributed by atoms with Crippen molar-refractivity contribution in [1.29, 1.82) is 0 Å². The Hall–Kier alpha value is -3.80. The molecule has 0 atom stereocenters. The summed E-state index contributed by atoms with van der Waals surface area (Å²) in [6, 6.07) is 16.9. The van der Waals surface area contributed by atoms with Gasteiger partial charge in [-0.1, -0.05) is 19.1 Å². The Bertz CT molecular complexity index is 1170. The molecule has 4 rings (SSSR count). The van der Waals surface area contributed by atoms with Crippen LogP contribution in [0.1, 0.15) is 22.8 Å². The van der Waals surface area contributed by atoms with E-state index in [2.05, 4.69) is 9.97 Å². The smallest absolute Gasteiger partial charge is 0.335 e. The minimum absolute atomic E-state index is 0.284. The van der Waals surface area contributed by atoms with Crippen molar-refractivity contribution < 1.29 is 14.3 Å². The van der Waals surface area contributed by atoms with Crippen LogP contribution in [0, 0.1) is 5.82 Å². The first-order valence-electron chi connectivity index (χ1n) is 9.20. The summed E-state index contributed by atoms with van der Waals surface area (Å²) in [7, 11) is 0. The number of nitrogens with one attached hydrogen (secondary N) is 1. The van der Waals surface area contributed by atoms with Gasteiger partial charge >= 0.3 is 5.97 Å². The zero-order valence-electron chi connectivity index (χ0n) is 15.7. The molecule has 4 aromatic rings. The lowest BCUT2D eigenvalue weighted by molar-refractivity contribution is 0.0695. The molecule has 0 saturated heterocycles. The molecule has 0 radical (unpaired) electrons. The predicted octanol–water partition coefficient (Wildman–Crippen LogP) is 5.21. The number of aromatic carboxylic acids is 1. The normalized spacial score (nSPS) is 10.8. The largest absolute Gasteiger partial charge is 0.478 e. The van der Waals surface area contributed by atoms with E-state index in [-0.39, 0.29) is 11.4 Å². The van der Waals surface area contributed by atoms with Gasteiger partial charge in [-0.05, 0) is 60.5 Å². The molecule has 0 amide bonds. The summed E-state index contributed by atoms with van der Waals surface area (Å²) in [6.45, 7) is 1.91. The summed E-state index contributed by atoms with van der Waals surface area (Å²) in [4.78, 5) is 23.9. The summed E-state index contributed by atoms with van der Waals surface area (Å²) < 4.78 is 13.4. The van der Waals surface area contributed by atoms with E-state index in [0.29, 0.717) is 29.3 Å². The van der Waals surface area contributed by atoms with Gasteiger partial charge in [0.25, 0.3) is 0 Å². The molecule has 0 aliphatic rings. The van der Waals surface area contributed by atoms with Crippen molar-refractivity contribution in [3.63, 3.8) is 0 Å². The second-order valence-corrected chi connectivity index (χ2v) is 6.56. The van der Waals surface area contributed by atoms with Crippen molar-refractivity contribution in [3.8, 4) is 34.0 Å². The van der Waals surface area contributed by atoms with Crippen molar-refractivity contribution in [2.45, 2.75) is 13.3 Å². The van der Waals surface area contributed by atoms with Crippen LogP contribution < -0.4 is 0 Å². The van der Waals surface area contributed by atoms with E-state index in [4.69, 9.17) is 4.98 Å². The van der Waals surface area contributed by atoms with Crippen molar-refractivity contribution >= 4 is 5.97 Å². The van der Waals surface area contributed by atoms with Gasteiger partial charge in [-0.25, -0.2) is 14.2 Å². The summed E-state index contributed by atoms with van der Waals surface area (Å²) in [5.41, 5.74) is 4.63. The molecular formula is C23H18FN3O2. The van der Waals surface area contributed by atoms with Crippen LogP contribution in [0.2, 0.25) is 0 Å². The number of aromatic amines is 1. The highest BCUT2D eigenvalue weighted by atomic mass is 19.1. The number of imidazole rings is 1. The van der Waals surface area contributed by atoms with Crippen LogP contribution in [0.3, 0.4) is 0 Å². The summed E-state index contributed by atoms with van der Waals surface area (Å²) in [6.07, 6.45) is 2.29. The highest BCUT2D eigenvalue weighted by Gasteiger charge is 2.17. The van der Waals surface area contributed by atoms with Gasteiger partial charge in [0.15, 0.2) is 0 Å². The van der Waals surface area contributed by atoms with Crippen molar-refractivity contribution in [1.82, 2.24) is 15.0 Å². The third kappa shape index (κ3) is 3.65. The lowest BCUT2D eigenvalue weighted by Crippen LogP contribution is -2.02. The maximum atomic E-state index is 13.4. The molecule has 2 N–H and O–H groups in total. The number of pyridine rings is 1. The topological polar surface area (TPSA) is 78.9 Å². The van der Waals surface area contributed by atoms with E-state index in [1.54, 1.807) is 30.5 Å². The number of hydrogen-bond acceptors (Lipinski definition) is 3. The zero-order chi connectivity index (χ0) is 20.4. The Morgan fingerprint density at radius 3 is 2.48 bits per heavy atom. The molecule has 0 fully saturated rings. The summed E-state index contributed by atoms with van der Waals surface area (Å²) >= 11 is 0. The molecule has 2 heterocycles. The number of carbonyl (C=O) groups is 1. The van der Waals surface area contributed by atoms with E-state index >= 15 is 0 Å². The number of rotatable bonds is 5. The van der Waals surface area contributed by atoms with E-state index < -0.39 is 5.97 Å². The monoisotopic (exact) mass is 387 g/mol. The number of hydrogen-bond donors (Lipinski definition) is 2. The molecule has 0 saturated carbocycles. The number of benzene rings is 2. The quantitative estimate of drug-likeness (QED) is 0.493. The fourth-order valence-electron chi connectivity index (χ4n) is 3.26. The number of nitrogens with zero attached hydrogens (tertiary/aromatic N) is 2. The molecule has 2 aromatic heterocycles. The van der Waals surface area contributed by atoms with E-state index in [1.165, 1.54) is 12.1 Å². The van der Waals surface area contributed by atoms with Crippen LogP contribution >= 0.6 is 0 Å². The Morgan fingerprint density at radius 1 is 1.07 bits per heavy atom. The maximum Gasteiger partial charge on any atom is 0.335 e. The van der Waals surface area contributed by atoms with Crippen LogP contribution in [-0.4, -0.2) is 26.0 Å². The zero-order valence-corrected chi connectivity index (χ0v) is 15.7. The average Bonchev–Trinajstić information content (AvgIpc) is 3.20. The fourth-order valence-corrected chi connectivity index (χ4v) is 3.26. The third-order valence-electron chi connectivity index (χ3n) is 4.73. The SMILES string of the molecule is CCc1cc(-c2nc(-c3ccc(F)cc3)c(-c3ccccn3)[nH]2)ccc1C(=O)O. The fraction of sp³-hybridized carbons (Fsp3) is 0.0870. The molecule has 6 heteroatoms. The standard InChI is InChI=1S/C23H18FN3O2/c1-2-14-13-16(8-11-18(14)23(28)29)22-26-20(15-6-9-17(24)10-7-15)21(27-22)19-5-3-4-12-25-19/h3-13H,2H2,1H3,(H,26,27)(H,28,29). The van der Waals surface area contributed by atoms with Crippen molar-refractivity contribution in [3.05, 3.63) is 83.8 Å². The highest BCUT2D eigenvalue weighted by Crippen LogP contribution is 2.32. The highest BCUT2D eigenvalue weighted by molar-refractivity contribution is 5.90. The summed E-state index contributed by atoms with van der Waals surface area (Å²) in [5, 5.41) is 9.36. The molecule has 2 aromatic carbocycles. The lowest BCUT2D eigenvalue weighted by Gasteiger charge is -2.05. The number of aromatic nitrogens is 3. The van der Waals surface area contributed by atoms with Gasteiger partial charge in [0.05, 0.1) is 22.6 Å². The molecule has 0 unspecified atom stereocenters. The van der Waals surface area contributed by atoms with Crippen molar-refractivity contribution in [2.24, 2.45) is 0 Å². The third-order valence-corrected chi connectivity index (χ3v) is 4.73. The number of aryl methyl sites for hydroxylation is 1. The summed E-state index contributed by atoms with van der Waals surface area (Å²) in [5.74, 6) is -0.675. The van der Waals surface area contributed by atoms with Crippen LogP contribution in [-0.2, 0) is 6.42 Å². The molecule has 29 heavy (non-hydrogen) atoms. The Kier molecular flexibility index (Phi) is 4.91. The maximum absolute atomic E-state index is 13.4. The molecule has 144 valence electrons. The van der Waals surface area contributed by atoms with Gasteiger partial charge in [0.1, 0.15) is 11.6 Å². The van der Waals surface area contributed by atoms with Gasteiger partial charge in [0.2, 0.25) is 0 Å². The van der Waals surface area contributed by atoms with Crippen LogP contribution in [0.25, 0.3) is 34.0 Å². The number of carboxylic acids is 1. The Morgan fingerprint density at radius 2 is 1.83 bits per heavy atom. The second kappa shape index (κ2) is 7.67. The number of halogens is 1. The number of carboxylic acid groups (broad SMARTS) is 1. The predicted molar refractivity (Wildman–Crippen MR) is 109 cm³/mol. The van der Waals surface area contributed by atoms with E-state index in [1.807, 2.05) is 31.2 Å². The van der Waals surface area contributed by atoms with E-state index in [0.717, 1.165) is 16.7 Å². The molecule has 0 aliphatic heterocycles. The van der Waals surface area contributed by atoms with Gasteiger partial charge in [0, 0.05) is 17.3 Å².